The van der Waals surface area contributed by atoms with Gasteiger partial charge >= 0.3 is 0 Å². The molecule has 0 aliphatic rings. The molecular weight excluding hydrogens is 284 g/mol. The van der Waals surface area contributed by atoms with Crippen LogP contribution in [0.15, 0.2) is 48.5 Å². The highest BCUT2D eigenvalue weighted by Gasteiger charge is 2.20. The summed E-state index contributed by atoms with van der Waals surface area (Å²) in [6, 6.07) is 13.9. The van der Waals surface area contributed by atoms with E-state index < -0.39 is 6.10 Å². The van der Waals surface area contributed by atoms with Gasteiger partial charge in [-0.15, -0.1) is 0 Å². The minimum absolute atomic E-state index is 0.141. The van der Waals surface area contributed by atoms with Gasteiger partial charge < -0.3 is 19.4 Å². The van der Waals surface area contributed by atoms with Crippen LogP contribution in [-0.2, 0) is 9.16 Å². The summed E-state index contributed by atoms with van der Waals surface area (Å²) >= 11 is 0. The highest BCUT2D eigenvalue weighted by Crippen LogP contribution is 2.36. The second kappa shape index (κ2) is 7.83. The maximum absolute atomic E-state index is 10.0. The molecule has 0 bridgehead atoms. The van der Waals surface area contributed by atoms with Crippen molar-refractivity contribution in [1.29, 1.82) is 0 Å². The lowest BCUT2D eigenvalue weighted by Crippen LogP contribution is -2.09. The Bertz CT molecular complexity index is 528. The van der Waals surface area contributed by atoms with Crippen LogP contribution in [0.4, 0.5) is 0 Å². The summed E-state index contributed by atoms with van der Waals surface area (Å²) in [4.78, 5) is 0. The molecule has 0 atom stereocenters. The highest BCUT2D eigenvalue weighted by molar-refractivity contribution is 5.97. The van der Waals surface area contributed by atoms with E-state index in [0.717, 1.165) is 0 Å². The number of rotatable bonds is 7. The standard InChI is InChI=1S/C16H17O4Si/c17-14-8-3-1-6-12(14)16(19-10-5-11-20-21)13-7-2-4-9-15(13)18/h1-4,6-9,16-18H,5,10-11H2. The van der Waals surface area contributed by atoms with Gasteiger partial charge in [-0.1, -0.05) is 36.4 Å². The third kappa shape index (κ3) is 4.07. The zero-order valence-electron chi connectivity index (χ0n) is 11.5. The maximum Gasteiger partial charge on any atom is 0.246 e. The van der Waals surface area contributed by atoms with Crippen LogP contribution in [0, 0.1) is 0 Å². The molecule has 0 aliphatic carbocycles. The molecule has 2 aromatic carbocycles. The van der Waals surface area contributed by atoms with Gasteiger partial charge in [-0.2, -0.15) is 0 Å². The summed E-state index contributed by atoms with van der Waals surface area (Å²) < 4.78 is 10.7. The van der Waals surface area contributed by atoms with Crippen LogP contribution in [0.2, 0.25) is 0 Å². The van der Waals surface area contributed by atoms with Crippen LogP contribution >= 0.6 is 0 Å². The molecule has 0 heterocycles. The van der Waals surface area contributed by atoms with Crippen LogP contribution in [0.3, 0.4) is 0 Å². The molecule has 21 heavy (non-hydrogen) atoms. The molecule has 0 amide bonds. The van der Waals surface area contributed by atoms with E-state index >= 15 is 0 Å². The summed E-state index contributed by atoms with van der Waals surface area (Å²) in [7, 11) is 2.94. The maximum atomic E-state index is 10.0. The molecule has 4 nitrogen and oxygen atoms in total. The summed E-state index contributed by atoms with van der Waals surface area (Å²) in [5.41, 5.74) is 1.25. The molecule has 0 saturated carbocycles. The van der Waals surface area contributed by atoms with Crippen molar-refractivity contribution in [2.24, 2.45) is 0 Å². The van der Waals surface area contributed by atoms with Gasteiger partial charge in [0.1, 0.15) is 17.6 Å². The molecule has 3 radical (unpaired) electrons. The number of benzene rings is 2. The van der Waals surface area contributed by atoms with Crippen molar-refractivity contribution in [3.63, 3.8) is 0 Å². The van der Waals surface area contributed by atoms with Crippen molar-refractivity contribution in [3.05, 3.63) is 59.7 Å². The van der Waals surface area contributed by atoms with Crippen LogP contribution in [0.5, 0.6) is 11.5 Å². The molecule has 0 spiro atoms. The molecule has 0 unspecified atom stereocenters. The van der Waals surface area contributed by atoms with Gasteiger partial charge in [0.2, 0.25) is 10.5 Å². The summed E-state index contributed by atoms with van der Waals surface area (Å²) in [6.07, 6.45) is 0.170. The lowest BCUT2D eigenvalue weighted by molar-refractivity contribution is 0.0681. The lowest BCUT2D eigenvalue weighted by atomic mass is 9.99. The Kier molecular flexibility index (Phi) is 5.80. The number of ether oxygens (including phenoxy) is 1. The van der Waals surface area contributed by atoms with Gasteiger partial charge in [0.25, 0.3) is 0 Å². The number of aromatic hydroxyl groups is 2. The lowest BCUT2D eigenvalue weighted by Gasteiger charge is -2.20. The summed E-state index contributed by atoms with van der Waals surface area (Å²) in [5, 5.41) is 20.1. The molecule has 0 aliphatic heterocycles. The molecule has 2 aromatic rings. The smallest absolute Gasteiger partial charge is 0.246 e. The normalized spacial score (nSPS) is 11.0. The van der Waals surface area contributed by atoms with E-state index in [-0.39, 0.29) is 11.5 Å². The van der Waals surface area contributed by atoms with Crippen molar-refractivity contribution < 1.29 is 19.4 Å². The van der Waals surface area contributed by atoms with Gasteiger partial charge in [0.15, 0.2) is 0 Å². The van der Waals surface area contributed by atoms with Crippen molar-refractivity contribution in [3.8, 4) is 11.5 Å². The van der Waals surface area contributed by atoms with Crippen LogP contribution in [0.25, 0.3) is 0 Å². The Labute approximate surface area is 127 Å². The molecule has 0 aromatic heterocycles. The zero-order chi connectivity index (χ0) is 15.1. The van der Waals surface area contributed by atoms with E-state index in [9.17, 15) is 10.2 Å². The highest BCUT2D eigenvalue weighted by atomic mass is 28.2. The van der Waals surface area contributed by atoms with Gasteiger partial charge in [-0.05, 0) is 18.6 Å². The third-order valence-electron chi connectivity index (χ3n) is 3.11. The van der Waals surface area contributed by atoms with Gasteiger partial charge in [0, 0.05) is 17.7 Å². The molecule has 2 rings (SSSR count). The fourth-order valence-corrected chi connectivity index (χ4v) is 2.24. The van der Waals surface area contributed by atoms with E-state index in [1.54, 1.807) is 36.4 Å². The first-order valence-electron chi connectivity index (χ1n) is 6.70. The minimum atomic E-state index is -0.526. The molecular formula is C16H17O4Si. The minimum Gasteiger partial charge on any atom is -0.508 e. The molecule has 109 valence electrons. The van der Waals surface area contributed by atoms with Crippen LogP contribution in [-0.4, -0.2) is 33.9 Å². The second-order valence-corrected chi connectivity index (χ2v) is 4.86. The number of hydrogen-bond donors (Lipinski definition) is 2. The molecule has 0 saturated heterocycles. The second-order valence-electron chi connectivity index (χ2n) is 4.57. The van der Waals surface area contributed by atoms with E-state index in [4.69, 9.17) is 9.16 Å². The third-order valence-corrected chi connectivity index (χ3v) is 3.32. The van der Waals surface area contributed by atoms with Gasteiger partial charge in [-0.3, -0.25) is 0 Å². The van der Waals surface area contributed by atoms with Crippen molar-refractivity contribution in [1.82, 2.24) is 0 Å². The number of hydrogen-bond acceptors (Lipinski definition) is 4. The Morgan fingerprint density at radius 3 is 1.86 bits per heavy atom. The monoisotopic (exact) mass is 301 g/mol. The molecule has 0 fully saturated rings. The van der Waals surface area contributed by atoms with Crippen LogP contribution < -0.4 is 0 Å². The number of para-hydroxylation sites is 2. The number of phenolic OH excluding ortho intramolecular Hbond substituents is 2. The quantitative estimate of drug-likeness (QED) is 0.610. The summed E-state index contributed by atoms with van der Waals surface area (Å²) in [6.45, 7) is 0.961. The van der Waals surface area contributed by atoms with Crippen molar-refractivity contribution in [2.45, 2.75) is 12.5 Å². The zero-order valence-corrected chi connectivity index (χ0v) is 12.5. The first-order valence-corrected chi connectivity index (χ1v) is 7.10. The average molecular weight is 301 g/mol. The number of phenols is 2. The molecule has 5 heteroatoms. The largest absolute Gasteiger partial charge is 0.508 e. The Morgan fingerprint density at radius 1 is 0.857 bits per heavy atom. The predicted molar refractivity (Wildman–Crippen MR) is 80.3 cm³/mol. The van der Waals surface area contributed by atoms with Crippen molar-refractivity contribution >= 4 is 10.5 Å². The Balaban J connectivity index is 2.27. The molecule has 2 N–H and O–H groups in total. The van der Waals surface area contributed by atoms with Crippen molar-refractivity contribution in [2.75, 3.05) is 13.2 Å². The summed E-state index contributed by atoms with van der Waals surface area (Å²) in [5.74, 6) is 0.282. The van der Waals surface area contributed by atoms with Gasteiger partial charge in [-0.25, -0.2) is 0 Å². The Hall–Kier alpha value is -1.82. The first-order chi connectivity index (χ1) is 10.2. The van der Waals surface area contributed by atoms with E-state index in [1.165, 1.54) is 0 Å². The first kappa shape index (κ1) is 15.6. The van der Waals surface area contributed by atoms with Gasteiger partial charge in [0.05, 0.1) is 6.61 Å². The fourth-order valence-electron chi connectivity index (χ4n) is 2.10. The fraction of sp³-hybridized carbons (Fsp3) is 0.250. The van der Waals surface area contributed by atoms with E-state index in [1.807, 2.05) is 12.1 Å². The predicted octanol–water partition coefficient (Wildman–Crippen LogP) is 2.69. The SMILES string of the molecule is Oc1ccccc1C(OCCCO[Si])c1ccccc1O. The van der Waals surface area contributed by atoms with E-state index in [0.29, 0.717) is 30.8 Å². The van der Waals surface area contributed by atoms with Crippen LogP contribution in [0.1, 0.15) is 23.7 Å². The topological polar surface area (TPSA) is 58.9 Å². The Morgan fingerprint density at radius 2 is 1.38 bits per heavy atom. The average Bonchev–Trinajstić information content (AvgIpc) is 2.50. The van der Waals surface area contributed by atoms with E-state index in [2.05, 4.69) is 10.5 Å².